The predicted molar refractivity (Wildman–Crippen MR) is 86.8 cm³/mol. The average Bonchev–Trinajstić information content (AvgIpc) is 2.51. The third-order valence-electron chi connectivity index (χ3n) is 4.53. The van der Waals surface area contributed by atoms with Crippen molar-refractivity contribution in [2.75, 3.05) is 11.5 Å². The van der Waals surface area contributed by atoms with E-state index in [0.29, 0.717) is 12.3 Å². The van der Waals surface area contributed by atoms with Gasteiger partial charge < -0.3 is 0 Å². The highest BCUT2D eigenvalue weighted by atomic mass is 32.2. The molecule has 2 atom stereocenters. The number of rotatable bonds is 7. The molecule has 0 amide bonds. The summed E-state index contributed by atoms with van der Waals surface area (Å²) in [4.78, 5) is 0. The zero-order chi connectivity index (χ0) is 15.3. The monoisotopic (exact) mass is 310 g/mol. The van der Waals surface area contributed by atoms with Crippen LogP contribution in [0.15, 0.2) is 24.3 Å². The van der Waals surface area contributed by atoms with Crippen LogP contribution in [0.2, 0.25) is 0 Å². The lowest BCUT2D eigenvalue weighted by molar-refractivity contribution is 0.375. The molecule has 1 aliphatic rings. The van der Waals surface area contributed by atoms with Crippen LogP contribution in [-0.2, 0) is 16.3 Å². The summed E-state index contributed by atoms with van der Waals surface area (Å²) in [5.74, 6) is 6.62. The smallest absolute Gasteiger partial charge is 0.150 e. The van der Waals surface area contributed by atoms with Gasteiger partial charge in [0.15, 0.2) is 0 Å². The molecule has 0 saturated heterocycles. The third kappa shape index (κ3) is 4.28. The van der Waals surface area contributed by atoms with Crippen LogP contribution >= 0.6 is 0 Å². The molecule has 0 fully saturated rings. The van der Waals surface area contributed by atoms with E-state index in [1.165, 1.54) is 17.5 Å². The molecule has 0 saturated carbocycles. The maximum atomic E-state index is 11.6. The van der Waals surface area contributed by atoms with E-state index in [-0.39, 0.29) is 17.5 Å². The first-order valence-electron chi connectivity index (χ1n) is 7.81. The van der Waals surface area contributed by atoms with Crippen molar-refractivity contribution < 1.29 is 8.42 Å². The molecular weight excluding hydrogens is 284 g/mol. The number of sulfone groups is 1. The minimum atomic E-state index is -2.88. The molecule has 1 aromatic carbocycles. The van der Waals surface area contributed by atoms with Crippen molar-refractivity contribution in [3.8, 4) is 0 Å². The topological polar surface area (TPSA) is 72.2 Å². The van der Waals surface area contributed by atoms with Crippen LogP contribution in [-0.4, -0.2) is 26.0 Å². The third-order valence-corrected chi connectivity index (χ3v) is 6.32. The normalized spacial score (nSPS) is 20.0. The van der Waals surface area contributed by atoms with E-state index in [1.54, 1.807) is 6.92 Å². The molecule has 0 spiro atoms. The molecule has 4 nitrogen and oxygen atoms in total. The molecule has 21 heavy (non-hydrogen) atoms. The molecule has 118 valence electrons. The van der Waals surface area contributed by atoms with Gasteiger partial charge >= 0.3 is 0 Å². The summed E-state index contributed by atoms with van der Waals surface area (Å²) in [6, 6.07) is 8.69. The van der Waals surface area contributed by atoms with Crippen LogP contribution < -0.4 is 11.3 Å². The number of hydrogen-bond acceptors (Lipinski definition) is 4. The Morgan fingerprint density at radius 3 is 2.86 bits per heavy atom. The van der Waals surface area contributed by atoms with E-state index < -0.39 is 9.84 Å². The van der Waals surface area contributed by atoms with Crippen LogP contribution in [0, 0.1) is 0 Å². The molecule has 3 N–H and O–H groups in total. The minimum absolute atomic E-state index is 0.151. The van der Waals surface area contributed by atoms with Crippen molar-refractivity contribution in [2.45, 2.75) is 51.0 Å². The zero-order valence-electron chi connectivity index (χ0n) is 12.7. The van der Waals surface area contributed by atoms with Gasteiger partial charge in [-0.2, -0.15) is 0 Å². The Kier molecular flexibility index (Phi) is 5.79. The van der Waals surface area contributed by atoms with Crippen LogP contribution in [0.1, 0.15) is 49.7 Å². The number of fused-ring (bicyclic) bond motifs is 1. The molecule has 5 heteroatoms. The molecule has 0 bridgehead atoms. The fraction of sp³-hybridized carbons (Fsp3) is 0.625. The van der Waals surface area contributed by atoms with Gasteiger partial charge in [0.1, 0.15) is 9.84 Å². The molecule has 0 aliphatic heterocycles. The van der Waals surface area contributed by atoms with Gasteiger partial charge in [0.05, 0.1) is 5.75 Å². The van der Waals surface area contributed by atoms with Gasteiger partial charge in [-0.05, 0) is 43.2 Å². The van der Waals surface area contributed by atoms with Gasteiger partial charge in [-0.15, -0.1) is 0 Å². The van der Waals surface area contributed by atoms with Crippen molar-refractivity contribution >= 4 is 9.84 Å². The Morgan fingerprint density at radius 1 is 1.38 bits per heavy atom. The zero-order valence-corrected chi connectivity index (χ0v) is 13.5. The number of aryl methyl sites for hydroxylation is 1. The molecule has 2 rings (SSSR count). The first kappa shape index (κ1) is 16.5. The highest BCUT2D eigenvalue weighted by Gasteiger charge is 2.27. The van der Waals surface area contributed by atoms with Crippen LogP contribution in [0.5, 0.6) is 0 Å². The van der Waals surface area contributed by atoms with E-state index >= 15 is 0 Å². The van der Waals surface area contributed by atoms with Gasteiger partial charge in [0.2, 0.25) is 0 Å². The lowest BCUT2D eigenvalue weighted by atomic mass is 9.78. The molecule has 0 heterocycles. The number of hydrazine groups is 1. The number of benzene rings is 1. The standard InChI is InChI=1S/C16H26N2O2S/c1-2-21(19,20)12-6-11-16(18-17)15-10-5-8-13-7-3-4-9-14(13)15/h3-4,7,9,15-16,18H,2,5-6,8,10-12,17H2,1H3. The second kappa shape index (κ2) is 7.38. The SMILES string of the molecule is CCS(=O)(=O)CCCC(NN)C1CCCc2ccccc21. The van der Waals surface area contributed by atoms with Gasteiger partial charge in [0.25, 0.3) is 0 Å². The lowest BCUT2D eigenvalue weighted by Crippen LogP contribution is -2.41. The molecule has 0 radical (unpaired) electrons. The Labute approximate surface area is 128 Å². The van der Waals surface area contributed by atoms with Crippen molar-refractivity contribution in [1.29, 1.82) is 0 Å². The second-order valence-corrected chi connectivity index (χ2v) is 8.32. The Morgan fingerprint density at radius 2 is 2.14 bits per heavy atom. The van der Waals surface area contributed by atoms with Crippen molar-refractivity contribution in [2.24, 2.45) is 5.84 Å². The summed E-state index contributed by atoms with van der Waals surface area (Å²) >= 11 is 0. The number of hydrogen-bond donors (Lipinski definition) is 2. The second-order valence-electron chi connectivity index (χ2n) is 5.85. The van der Waals surface area contributed by atoms with Gasteiger partial charge in [-0.25, -0.2) is 8.42 Å². The summed E-state index contributed by atoms with van der Waals surface area (Å²) in [5, 5.41) is 0. The predicted octanol–water partition coefficient (Wildman–Crippen LogP) is 2.15. The lowest BCUT2D eigenvalue weighted by Gasteiger charge is -2.32. The molecule has 2 unspecified atom stereocenters. The summed E-state index contributed by atoms with van der Waals surface area (Å²) in [7, 11) is -2.88. The maximum Gasteiger partial charge on any atom is 0.150 e. The summed E-state index contributed by atoms with van der Waals surface area (Å²) < 4.78 is 23.2. The average molecular weight is 310 g/mol. The van der Waals surface area contributed by atoms with Crippen molar-refractivity contribution in [3.05, 3.63) is 35.4 Å². The van der Waals surface area contributed by atoms with Crippen molar-refractivity contribution in [3.63, 3.8) is 0 Å². The molecular formula is C16H26N2O2S. The first-order valence-corrected chi connectivity index (χ1v) is 9.64. The van der Waals surface area contributed by atoms with Crippen LogP contribution in [0.3, 0.4) is 0 Å². The Bertz CT molecular complexity index is 557. The summed E-state index contributed by atoms with van der Waals surface area (Å²) in [6.07, 6.45) is 4.89. The number of nitrogens with one attached hydrogen (secondary N) is 1. The van der Waals surface area contributed by atoms with E-state index in [2.05, 4.69) is 29.7 Å². The highest BCUT2D eigenvalue weighted by molar-refractivity contribution is 7.91. The number of nitrogens with two attached hydrogens (primary N) is 1. The van der Waals surface area contributed by atoms with Gasteiger partial charge in [-0.1, -0.05) is 31.2 Å². The van der Waals surface area contributed by atoms with Gasteiger partial charge in [-0.3, -0.25) is 11.3 Å². The van der Waals surface area contributed by atoms with E-state index in [0.717, 1.165) is 19.3 Å². The fourth-order valence-corrected chi connectivity index (χ4v) is 4.17. The first-order chi connectivity index (χ1) is 10.1. The van der Waals surface area contributed by atoms with E-state index in [9.17, 15) is 8.42 Å². The summed E-state index contributed by atoms with van der Waals surface area (Å²) in [6.45, 7) is 1.70. The Balaban J connectivity index is 2.02. The fourth-order valence-electron chi connectivity index (χ4n) is 3.28. The molecule has 1 aromatic rings. The largest absolute Gasteiger partial charge is 0.271 e. The summed E-state index contributed by atoms with van der Waals surface area (Å²) in [5.41, 5.74) is 5.71. The maximum absolute atomic E-state index is 11.6. The minimum Gasteiger partial charge on any atom is -0.271 e. The van der Waals surface area contributed by atoms with E-state index in [1.807, 2.05) is 0 Å². The molecule has 1 aliphatic carbocycles. The quantitative estimate of drug-likeness (QED) is 0.598. The Hall–Kier alpha value is -0.910. The van der Waals surface area contributed by atoms with Crippen molar-refractivity contribution in [1.82, 2.24) is 5.43 Å². The molecule has 0 aromatic heterocycles. The van der Waals surface area contributed by atoms with Gasteiger partial charge in [0, 0.05) is 17.7 Å². The van der Waals surface area contributed by atoms with Crippen LogP contribution in [0.25, 0.3) is 0 Å². The highest BCUT2D eigenvalue weighted by Crippen LogP contribution is 2.35. The van der Waals surface area contributed by atoms with Crippen LogP contribution in [0.4, 0.5) is 0 Å². The van der Waals surface area contributed by atoms with E-state index in [4.69, 9.17) is 5.84 Å².